The first-order valence-corrected chi connectivity index (χ1v) is 7.92. The Morgan fingerprint density at radius 2 is 1.64 bits per heavy atom. The predicted octanol–water partition coefficient (Wildman–Crippen LogP) is 5.52. The van der Waals surface area contributed by atoms with E-state index in [2.05, 4.69) is 14.5 Å². The molecule has 0 bridgehead atoms. The highest BCUT2D eigenvalue weighted by atomic mass is 19.4. The van der Waals surface area contributed by atoms with Crippen molar-refractivity contribution in [1.29, 1.82) is 0 Å². The average molecular weight is 346 g/mol. The van der Waals surface area contributed by atoms with Crippen molar-refractivity contribution in [3.8, 4) is 5.75 Å². The minimum absolute atomic E-state index is 0.191. The van der Waals surface area contributed by atoms with E-state index < -0.39 is 6.36 Å². The van der Waals surface area contributed by atoms with Crippen LogP contribution in [0.5, 0.6) is 5.75 Å². The smallest absolute Gasteiger partial charge is 0.406 e. The number of halogens is 3. The molecule has 3 rings (SSSR count). The maximum absolute atomic E-state index is 12.2. The number of rotatable bonds is 4. The number of alkyl halides is 3. The van der Waals surface area contributed by atoms with Crippen LogP contribution in [-0.4, -0.2) is 19.5 Å². The van der Waals surface area contributed by atoms with Gasteiger partial charge in [0.25, 0.3) is 0 Å². The number of hydrogen-bond acceptors (Lipinski definition) is 2. The van der Waals surface area contributed by atoms with Gasteiger partial charge in [-0.15, -0.1) is 13.2 Å². The van der Waals surface area contributed by atoms with Crippen LogP contribution in [-0.2, 0) is 0 Å². The molecule has 0 N–H and O–H groups in total. The van der Waals surface area contributed by atoms with Crippen LogP contribution in [0.3, 0.4) is 0 Å². The van der Waals surface area contributed by atoms with E-state index in [9.17, 15) is 13.2 Å². The molecule has 3 nitrogen and oxygen atoms in total. The molecule has 0 saturated heterocycles. The van der Waals surface area contributed by atoms with Crippen molar-refractivity contribution < 1.29 is 17.9 Å². The molecule has 25 heavy (non-hydrogen) atoms. The molecule has 1 aliphatic rings. The topological polar surface area (TPSA) is 16.8 Å². The van der Waals surface area contributed by atoms with Crippen LogP contribution in [0.1, 0.15) is 24.3 Å². The van der Waals surface area contributed by atoms with Gasteiger partial charge < -0.3 is 9.64 Å². The van der Waals surface area contributed by atoms with Crippen molar-refractivity contribution in [3.05, 3.63) is 65.5 Å². The number of ether oxygens (including phenoxy) is 1. The van der Waals surface area contributed by atoms with Crippen LogP contribution in [0.4, 0.5) is 24.5 Å². The van der Waals surface area contributed by atoms with Crippen LogP contribution in [0.15, 0.2) is 48.5 Å². The van der Waals surface area contributed by atoms with E-state index >= 15 is 0 Å². The fourth-order valence-corrected chi connectivity index (χ4v) is 3.09. The molecule has 1 aliphatic carbocycles. The van der Waals surface area contributed by atoms with Gasteiger partial charge in [0, 0.05) is 18.8 Å². The van der Waals surface area contributed by atoms with Crippen molar-refractivity contribution in [2.24, 2.45) is 0 Å². The van der Waals surface area contributed by atoms with Crippen molar-refractivity contribution in [1.82, 2.24) is 0 Å². The summed E-state index contributed by atoms with van der Waals surface area (Å²) in [6, 6.07) is 14.0. The molecule has 0 radical (unpaired) electrons. The summed E-state index contributed by atoms with van der Waals surface area (Å²) in [6.07, 6.45) is -2.77. The third-order valence-electron chi connectivity index (χ3n) is 4.63. The highest BCUT2D eigenvalue weighted by Gasteiger charge is 2.34. The molecule has 1 saturated carbocycles. The summed E-state index contributed by atoms with van der Waals surface area (Å²) in [5.74, 6) is 0.152. The van der Waals surface area contributed by atoms with Crippen LogP contribution in [0, 0.1) is 6.57 Å². The van der Waals surface area contributed by atoms with E-state index in [-0.39, 0.29) is 5.75 Å². The van der Waals surface area contributed by atoms with Gasteiger partial charge in [-0.2, -0.15) is 0 Å². The number of benzene rings is 2. The van der Waals surface area contributed by atoms with Gasteiger partial charge in [-0.05, 0) is 48.6 Å². The third-order valence-corrected chi connectivity index (χ3v) is 4.63. The molecule has 0 aromatic heterocycles. The minimum atomic E-state index is -4.66. The zero-order valence-corrected chi connectivity index (χ0v) is 13.6. The molecular formula is C19H17F3N2O. The van der Waals surface area contributed by atoms with Crippen molar-refractivity contribution in [2.75, 3.05) is 11.9 Å². The molecule has 0 unspecified atom stereocenters. The maximum Gasteiger partial charge on any atom is 0.573 e. The molecule has 0 amide bonds. The van der Waals surface area contributed by atoms with E-state index in [0.717, 1.165) is 24.1 Å². The van der Waals surface area contributed by atoms with E-state index in [4.69, 9.17) is 6.57 Å². The lowest BCUT2D eigenvalue weighted by Crippen LogP contribution is -2.41. The van der Waals surface area contributed by atoms with Gasteiger partial charge in [0.05, 0.1) is 6.57 Å². The highest BCUT2D eigenvalue weighted by molar-refractivity contribution is 5.56. The normalized spacial score (nSPS) is 19.6. The monoisotopic (exact) mass is 346 g/mol. The zero-order valence-electron chi connectivity index (χ0n) is 13.6. The lowest BCUT2D eigenvalue weighted by atomic mass is 9.75. The van der Waals surface area contributed by atoms with Gasteiger partial charge in [-0.1, -0.05) is 24.3 Å². The summed E-state index contributed by atoms with van der Waals surface area (Å²) >= 11 is 0. The van der Waals surface area contributed by atoms with E-state index in [0.29, 0.717) is 17.6 Å². The lowest BCUT2D eigenvalue weighted by Gasteiger charge is -2.42. The van der Waals surface area contributed by atoms with Crippen molar-refractivity contribution in [2.45, 2.75) is 31.2 Å². The standard InChI is InChI=1S/C19H17F3N2O/c1-23-15-5-7-16(8-6-15)24(2)17-11-14(12-17)13-3-9-18(10-4-13)25-19(20,21)22/h3-10,14,17H,11-12H2,2H3. The van der Waals surface area contributed by atoms with Gasteiger partial charge in [0.15, 0.2) is 5.69 Å². The molecule has 2 aromatic rings. The first kappa shape index (κ1) is 17.2. The largest absolute Gasteiger partial charge is 0.573 e. The van der Waals surface area contributed by atoms with Crippen LogP contribution in [0.25, 0.3) is 4.85 Å². The minimum Gasteiger partial charge on any atom is -0.406 e. The summed E-state index contributed by atoms with van der Waals surface area (Å²) in [6.45, 7) is 6.98. The quantitative estimate of drug-likeness (QED) is 0.678. The molecule has 0 spiro atoms. The molecule has 0 heterocycles. The van der Waals surface area contributed by atoms with Crippen molar-refractivity contribution in [3.63, 3.8) is 0 Å². The summed E-state index contributed by atoms with van der Waals surface area (Å²) in [5, 5.41) is 0. The van der Waals surface area contributed by atoms with Gasteiger partial charge >= 0.3 is 6.36 Å². The van der Waals surface area contributed by atoms with E-state index in [1.54, 1.807) is 24.3 Å². The van der Waals surface area contributed by atoms with Gasteiger partial charge in [-0.3, -0.25) is 0 Å². The molecule has 1 fully saturated rings. The second-order valence-electron chi connectivity index (χ2n) is 6.18. The zero-order chi connectivity index (χ0) is 18.0. The number of hydrogen-bond donors (Lipinski definition) is 0. The maximum atomic E-state index is 12.2. The summed E-state index contributed by atoms with van der Waals surface area (Å²) in [5.41, 5.74) is 2.71. The first-order valence-electron chi connectivity index (χ1n) is 7.92. The third kappa shape index (κ3) is 4.05. The predicted molar refractivity (Wildman–Crippen MR) is 90.0 cm³/mol. The SMILES string of the molecule is [C-]#[N+]c1ccc(N(C)C2CC(c3ccc(OC(F)(F)F)cc3)C2)cc1. The fourth-order valence-electron chi connectivity index (χ4n) is 3.09. The number of anilines is 1. The Hall–Kier alpha value is -2.68. The molecule has 130 valence electrons. The average Bonchev–Trinajstić information content (AvgIpc) is 2.53. The Labute approximate surface area is 144 Å². The summed E-state index contributed by atoms with van der Waals surface area (Å²) in [7, 11) is 2.02. The second-order valence-corrected chi connectivity index (χ2v) is 6.18. The number of nitrogens with zero attached hydrogens (tertiary/aromatic N) is 2. The Bertz CT molecular complexity index is 757. The molecule has 0 atom stereocenters. The Balaban J connectivity index is 1.57. The van der Waals surface area contributed by atoms with E-state index in [1.807, 2.05) is 19.2 Å². The Kier molecular flexibility index (Phi) is 4.58. The second kappa shape index (κ2) is 6.67. The van der Waals surface area contributed by atoms with Crippen molar-refractivity contribution >= 4 is 11.4 Å². The molecule has 0 aliphatic heterocycles. The highest BCUT2D eigenvalue weighted by Crippen LogP contribution is 2.41. The van der Waals surface area contributed by atoms with E-state index in [1.165, 1.54) is 12.1 Å². The van der Waals surface area contributed by atoms with Gasteiger partial charge in [0.2, 0.25) is 0 Å². The summed E-state index contributed by atoms with van der Waals surface area (Å²) in [4.78, 5) is 5.57. The fraction of sp³-hybridized carbons (Fsp3) is 0.316. The van der Waals surface area contributed by atoms with Crippen LogP contribution >= 0.6 is 0 Å². The van der Waals surface area contributed by atoms with Crippen LogP contribution in [0.2, 0.25) is 0 Å². The Morgan fingerprint density at radius 3 is 2.16 bits per heavy atom. The van der Waals surface area contributed by atoms with Crippen LogP contribution < -0.4 is 9.64 Å². The molecule has 6 heteroatoms. The molecule has 2 aromatic carbocycles. The first-order chi connectivity index (χ1) is 11.9. The molecular weight excluding hydrogens is 329 g/mol. The Morgan fingerprint density at radius 1 is 1.04 bits per heavy atom. The summed E-state index contributed by atoms with van der Waals surface area (Å²) < 4.78 is 40.4. The van der Waals surface area contributed by atoms with Gasteiger partial charge in [-0.25, -0.2) is 4.85 Å². The van der Waals surface area contributed by atoms with Gasteiger partial charge in [0.1, 0.15) is 5.75 Å². The lowest BCUT2D eigenvalue weighted by molar-refractivity contribution is -0.274.